The summed E-state index contributed by atoms with van der Waals surface area (Å²) in [5.41, 5.74) is 2.82. The molecule has 1 aromatic heterocycles. The molecule has 0 radical (unpaired) electrons. The Balaban J connectivity index is 1.98. The van der Waals surface area contributed by atoms with E-state index in [1.807, 2.05) is 30.3 Å². The van der Waals surface area contributed by atoms with E-state index < -0.39 is 5.97 Å². The first-order chi connectivity index (χ1) is 11.6. The van der Waals surface area contributed by atoms with Crippen molar-refractivity contribution in [1.82, 2.24) is 9.55 Å². The molecule has 1 N–H and O–H groups in total. The van der Waals surface area contributed by atoms with Crippen molar-refractivity contribution in [3.05, 3.63) is 53.1 Å². The Hall–Kier alpha value is -2.33. The molecule has 0 aliphatic heterocycles. The fourth-order valence-corrected chi connectivity index (χ4v) is 3.82. The topological polar surface area (TPSA) is 55.1 Å². The lowest BCUT2D eigenvalue weighted by molar-refractivity contribution is 0.0697. The van der Waals surface area contributed by atoms with E-state index in [9.17, 15) is 9.90 Å². The van der Waals surface area contributed by atoms with Crippen molar-refractivity contribution in [3.8, 4) is 11.4 Å². The molecule has 0 unspecified atom stereocenters. The highest BCUT2D eigenvalue weighted by atomic mass is 35.5. The maximum absolute atomic E-state index is 11.3. The number of nitrogens with zero attached hydrogens (tertiary/aromatic N) is 2. The summed E-state index contributed by atoms with van der Waals surface area (Å²) >= 11 is 6.40. The molecule has 4 nitrogen and oxygen atoms in total. The molecule has 3 aromatic rings. The lowest BCUT2D eigenvalue weighted by Gasteiger charge is -2.17. The largest absolute Gasteiger partial charge is 0.478 e. The van der Waals surface area contributed by atoms with Gasteiger partial charge in [0.05, 0.1) is 21.6 Å². The number of rotatable bonds is 3. The number of carboxylic acid groups (broad SMARTS) is 1. The van der Waals surface area contributed by atoms with Crippen LogP contribution in [0.2, 0.25) is 5.02 Å². The van der Waals surface area contributed by atoms with E-state index in [2.05, 4.69) is 4.57 Å². The molecule has 0 amide bonds. The van der Waals surface area contributed by atoms with Crippen LogP contribution in [0.1, 0.15) is 42.1 Å². The summed E-state index contributed by atoms with van der Waals surface area (Å²) in [6.45, 7) is 0. The minimum atomic E-state index is -0.938. The lowest BCUT2D eigenvalue weighted by atomic mass is 10.1. The van der Waals surface area contributed by atoms with Crippen molar-refractivity contribution < 1.29 is 9.90 Å². The van der Waals surface area contributed by atoms with Gasteiger partial charge in [0.15, 0.2) is 0 Å². The molecule has 24 heavy (non-hydrogen) atoms. The van der Waals surface area contributed by atoms with Gasteiger partial charge in [0.1, 0.15) is 5.82 Å². The van der Waals surface area contributed by atoms with Crippen LogP contribution in [0.4, 0.5) is 0 Å². The summed E-state index contributed by atoms with van der Waals surface area (Å²) in [5.74, 6) is -0.114. The average Bonchev–Trinajstić information content (AvgIpc) is 3.21. The zero-order chi connectivity index (χ0) is 16.7. The van der Waals surface area contributed by atoms with Crippen LogP contribution in [-0.4, -0.2) is 20.6 Å². The third-order valence-corrected chi connectivity index (χ3v) is 5.07. The van der Waals surface area contributed by atoms with E-state index in [1.54, 1.807) is 12.1 Å². The zero-order valence-corrected chi connectivity index (χ0v) is 13.8. The van der Waals surface area contributed by atoms with E-state index >= 15 is 0 Å². The molecule has 4 rings (SSSR count). The Morgan fingerprint density at radius 2 is 1.92 bits per heavy atom. The second-order valence-electron chi connectivity index (χ2n) is 6.23. The molecule has 2 aromatic carbocycles. The van der Waals surface area contributed by atoms with Gasteiger partial charge >= 0.3 is 5.97 Å². The number of halogens is 1. The van der Waals surface area contributed by atoms with Crippen LogP contribution < -0.4 is 0 Å². The predicted molar refractivity (Wildman–Crippen MR) is 94.6 cm³/mol. The quantitative estimate of drug-likeness (QED) is 0.715. The van der Waals surface area contributed by atoms with Crippen molar-refractivity contribution in [1.29, 1.82) is 0 Å². The van der Waals surface area contributed by atoms with Crippen LogP contribution >= 0.6 is 11.6 Å². The molecular formula is C19H17ClN2O2. The van der Waals surface area contributed by atoms with Gasteiger partial charge in [-0.3, -0.25) is 0 Å². The van der Waals surface area contributed by atoms with Crippen LogP contribution in [0.25, 0.3) is 22.4 Å². The maximum atomic E-state index is 11.3. The molecule has 1 fully saturated rings. The number of hydrogen-bond acceptors (Lipinski definition) is 2. The first-order valence-corrected chi connectivity index (χ1v) is 8.53. The number of imidazole rings is 1. The number of aromatic nitrogens is 2. The van der Waals surface area contributed by atoms with Crippen LogP contribution in [0.15, 0.2) is 42.5 Å². The van der Waals surface area contributed by atoms with Crippen molar-refractivity contribution in [2.75, 3.05) is 0 Å². The second-order valence-corrected chi connectivity index (χ2v) is 6.64. The van der Waals surface area contributed by atoms with Gasteiger partial charge in [-0.05, 0) is 43.2 Å². The Bertz CT molecular complexity index is 926. The molecule has 0 atom stereocenters. The number of carboxylic acids is 1. The highest BCUT2D eigenvalue weighted by Crippen LogP contribution is 2.38. The number of fused-ring (bicyclic) bond motifs is 1. The molecule has 1 heterocycles. The summed E-state index contributed by atoms with van der Waals surface area (Å²) in [5, 5.41) is 9.90. The molecular weight excluding hydrogens is 324 g/mol. The minimum Gasteiger partial charge on any atom is -0.478 e. The lowest BCUT2D eigenvalue weighted by Crippen LogP contribution is -2.07. The molecule has 1 saturated carbocycles. The van der Waals surface area contributed by atoms with Crippen LogP contribution in [-0.2, 0) is 0 Å². The monoisotopic (exact) mass is 340 g/mol. The minimum absolute atomic E-state index is 0.254. The Labute approximate surface area is 144 Å². The van der Waals surface area contributed by atoms with Crippen molar-refractivity contribution in [2.24, 2.45) is 0 Å². The first kappa shape index (κ1) is 15.2. The van der Waals surface area contributed by atoms with E-state index in [0.29, 0.717) is 16.6 Å². The number of hydrogen-bond donors (Lipinski definition) is 1. The van der Waals surface area contributed by atoms with E-state index in [-0.39, 0.29) is 5.56 Å². The summed E-state index contributed by atoms with van der Waals surface area (Å²) < 4.78 is 2.25. The van der Waals surface area contributed by atoms with Crippen molar-refractivity contribution in [2.45, 2.75) is 31.7 Å². The summed E-state index contributed by atoms with van der Waals surface area (Å²) in [6.07, 6.45) is 4.65. The van der Waals surface area contributed by atoms with E-state index in [4.69, 9.17) is 16.6 Å². The third kappa shape index (κ3) is 2.47. The Kier molecular flexibility index (Phi) is 3.77. The zero-order valence-electron chi connectivity index (χ0n) is 13.1. The Morgan fingerprint density at radius 3 is 2.62 bits per heavy atom. The van der Waals surface area contributed by atoms with E-state index in [0.717, 1.165) is 29.7 Å². The highest BCUT2D eigenvalue weighted by Gasteiger charge is 2.24. The standard InChI is InChI=1S/C19H17ClN2O2/c20-15-8-4-3-7-14(15)18-21-16-11-12(19(23)24)9-10-17(16)22(18)13-5-1-2-6-13/h3-4,7-11,13H,1-2,5-6H2,(H,23,24). The second kappa shape index (κ2) is 5.95. The van der Waals surface area contributed by atoms with Gasteiger partial charge in [-0.15, -0.1) is 0 Å². The number of benzene rings is 2. The Morgan fingerprint density at radius 1 is 1.17 bits per heavy atom. The number of carbonyl (C=O) groups is 1. The van der Waals surface area contributed by atoms with Crippen LogP contribution in [0.5, 0.6) is 0 Å². The SMILES string of the molecule is O=C(O)c1ccc2c(c1)nc(-c1ccccc1Cl)n2C1CCCC1. The molecule has 1 aliphatic carbocycles. The maximum Gasteiger partial charge on any atom is 0.335 e. The highest BCUT2D eigenvalue weighted by molar-refractivity contribution is 6.33. The molecule has 1 aliphatic rings. The average molecular weight is 341 g/mol. The smallest absolute Gasteiger partial charge is 0.335 e. The number of aromatic carboxylic acids is 1. The van der Waals surface area contributed by atoms with Crippen molar-refractivity contribution in [3.63, 3.8) is 0 Å². The van der Waals surface area contributed by atoms with Gasteiger partial charge in [-0.1, -0.05) is 36.6 Å². The summed E-state index contributed by atoms with van der Waals surface area (Å²) in [7, 11) is 0. The fraction of sp³-hybridized carbons (Fsp3) is 0.263. The fourth-order valence-electron chi connectivity index (χ4n) is 3.60. The molecule has 0 spiro atoms. The van der Waals surface area contributed by atoms with Gasteiger partial charge in [-0.25, -0.2) is 9.78 Å². The van der Waals surface area contributed by atoms with Gasteiger partial charge in [0.25, 0.3) is 0 Å². The van der Waals surface area contributed by atoms with Gasteiger partial charge in [0.2, 0.25) is 0 Å². The van der Waals surface area contributed by atoms with Gasteiger partial charge in [0, 0.05) is 11.6 Å². The summed E-state index contributed by atoms with van der Waals surface area (Å²) in [6, 6.07) is 13.2. The predicted octanol–water partition coefficient (Wildman–Crippen LogP) is 5.17. The van der Waals surface area contributed by atoms with Crippen molar-refractivity contribution >= 4 is 28.6 Å². The molecule has 122 valence electrons. The van der Waals surface area contributed by atoms with Crippen LogP contribution in [0.3, 0.4) is 0 Å². The third-order valence-electron chi connectivity index (χ3n) is 4.74. The molecule has 0 saturated heterocycles. The summed E-state index contributed by atoms with van der Waals surface area (Å²) in [4.78, 5) is 16.0. The van der Waals surface area contributed by atoms with Crippen LogP contribution in [0, 0.1) is 0 Å². The van der Waals surface area contributed by atoms with Gasteiger partial charge < -0.3 is 9.67 Å². The van der Waals surface area contributed by atoms with Gasteiger partial charge in [-0.2, -0.15) is 0 Å². The normalized spacial score (nSPS) is 15.2. The first-order valence-electron chi connectivity index (χ1n) is 8.15. The molecule has 5 heteroatoms. The molecule has 0 bridgehead atoms. The van der Waals surface area contributed by atoms with E-state index in [1.165, 1.54) is 12.8 Å².